The lowest BCUT2D eigenvalue weighted by Gasteiger charge is -1.75. The van der Waals surface area contributed by atoms with Crippen molar-refractivity contribution < 1.29 is 5.11 Å². The van der Waals surface area contributed by atoms with Crippen molar-refractivity contribution in [2.75, 3.05) is 0 Å². The van der Waals surface area contributed by atoms with Gasteiger partial charge in [-0.05, 0) is 0 Å². The molecule has 0 aliphatic carbocycles. The Morgan fingerprint density at radius 2 is 2.33 bits per heavy atom. The van der Waals surface area contributed by atoms with Crippen LogP contribution in [0.3, 0.4) is 0 Å². The molecule has 0 aromatic heterocycles. The zero-order valence-electron chi connectivity index (χ0n) is 3.18. The van der Waals surface area contributed by atoms with Crippen molar-refractivity contribution in [2.45, 2.75) is 0 Å². The molecule has 3 heteroatoms. The monoisotopic (exact) mass is 86.0 g/mol. The van der Waals surface area contributed by atoms with Gasteiger partial charge in [0.05, 0.1) is 6.26 Å². The van der Waals surface area contributed by atoms with E-state index in [9.17, 15) is 0 Å². The van der Waals surface area contributed by atoms with Gasteiger partial charge in [-0.15, -0.1) is 0 Å². The minimum Gasteiger partial charge on any atom is -0.515 e. The predicted molar refractivity (Wildman–Crippen MR) is 23.7 cm³/mol. The second kappa shape index (κ2) is 2.26. The molecule has 0 unspecified atom stereocenters. The molecule has 4 N–H and O–H groups in total. The summed E-state index contributed by atoms with van der Waals surface area (Å²) in [7, 11) is 0. The quantitative estimate of drug-likeness (QED) is 0.239. The first-order valence-electron chi connectivity index (χ1n) is 1.42. The first-order valence-corrected chi connectivity index (χ1v) is 1.42. The van der Waals surface area contributed by atoms with Crippen LogP contribution >= 0.6 is 0 Å². The number of nitrogens with two attached hydrogens (primary N) is 1. The Morgan fingerprint density at radius 3 is 2.33 bits per heavy atom. The van der Waals surface area contributed by atoms with E-state index in [1.165, 1.54) is 0 Å². The third kappa shape index (κ3) is 3.01. The van der Waals surface area contributed by atoms with Gasteiger partial charge in [-0.25, -0.2) is 0 Å². The van der Waals surface area contributed by atoms with Crippen LogP contribution in [0.5, 0.6) is 0 Å². The fraction of sp³-hybridized carbons (Fsp3) is 0. The molecule has 0 aliphatic rings. The van der Waals surface area contributed by atoms with Gasteiger partial charge >= 0.3 is 0 Å². The molecule has 0 fully saturated rings. The Labute approximate surface area is 35.6 Å². The Hall–Kier alpha value is -0.990. The van der Waals surface area contributed by atoms with Gasteiger partial charge in [-0.2, -0.15) is 0 Å². The van der Waals surface area contributed by atoms with E-state index in [2.05, 4.69) is 0 Å². The first-order chi connectivity index (χ1) is 2.77. The second-order valence-electron chi connectivity index (χ2n) is 0.771. The van der Waals surface area contributed by atoms with Crippen molar-refractivity contribution >= 4 is 5.84 Å². The van der Waals surface area contributed by atoms with Crippen molar-refractivity contribution in [2.24, 2.45) is 5.73 Å². The van der Waals surface area contributed by atoms with Crippen LogP contribution in [-0.4, -0.2) is 10.9 Å². The fourth-order valence-corrected chi connectivity index (χ4v) is 0.0803. The number of amidine groups is 1. The van der Waals surface area contributed by atoms with E-state index >= 15 is 0 Å². The highest BCUT2D eigenvalue weighted by Crippen LogP contribution is 1.59. The Balaban J connectivity index is 3.30. The fourth-order valence-electron chi connectivity index (χ4n) is 0.0803. The molecule has 0 saturated carbocycles. The first kappa shape index (κ1) is 5.01. The molecule has 0 heterocycles. The van der Waals surface area contributed by atoms with Crippen LogP contribution < -0.4 is 5.73 Å². The molecule has 0 amide bonds. The minimum atomic E-state index is -0.141. The molecule has 0 atom stereocenters. The van der Waals surface area contributed by atoms with Gasteiger partial charge in [-0.3, -0.25) is 5.41 Å². The van der Waals surface area contributed by atoms with Crippen LogP contribution in [0.1, 0.15) is 0 Å². The molecular weight excluding hydrogens is 80.0 g/mol. The lowest BCUT2D eigenvalue weighted by atomic mass is 10.6. The van der Waals surface area contributed by atoms with Gasteiger partial charge in [0.25, 0.3) is 0 Å². The van der Waals surface area contributed by atoms with Gasteiger partial charge in [0.2, 0.25) is 0 Å². The van der Waals surface area contributed by atoms with Crippen LogP contribution in [0, 0.1) is 5.41 Å². The summed E-state index contributed by atoms with van der Waals surface area (Å²) in [5, 5.41) is 14.3. The maximum absolute atomic E-state index is 7.84. The maximum atomic E-state index is 7.84. The maximum Gasteiger partial charge on any atom is 0.118 e. The van der Waals surface area contributed by atoms with Crippen molar-refractivity contribution in [1.82, 2.24) is 0 Å². The van der Waals surface area contributed by atoms with Crippen LogP contribution in [0.15, 0.2) is 12.3 Å². The number of nitrogens with one attached hydrogen (secondary N) is 1. The van der Waals surface area contributed by atoms with E-state index in [1.54, 1.807) is 0 Å². The van der Waals surface area contributed by atoms with Gasteiger partial charge < -0.3 is 10.8 Å². The van der Waals surface area contributed by atoms with Gasteiger partial charge in [-0.1, -0.05) is 0 Å². The van der Waals surface area contributed by atoms with E-state index in [4.69, 9.17) is 16.2 Å². The summed E-state index contributed by atoms with van der Waals surface area (Å²) in [5.74, 6) is -0.141. The predicted octanol–water partition coefficient (Wildman–Crippen LogP) is -0.00593. The van der Waals surface area contributed by atoms with Crippen molar-refractivity contribution in [3.63, 3.8) is 0 Å². The Bertz CT molecular complexity index is 76.9. The zero-order valence-corrected chi connectivity index (χ0v) is 3.18. The summed E-state index contributed by atoms with van der Waals surface area (Å²) in [6, 6.07) is 0. The molecule has 3 nitrogen and oxygen atoms in total. The summed E-state index contributed by atoms with van der Waals surface area (Å²) in [6.07, 6.45) is 1.81. The van der Waals surface area contributed by atoms with Gasteiger partial charge in [0.15, 0.2) is 0 Å². The standard InChI is InChI=1S/C3H6N2O/c4-3(5)1-2-6/h1-2,6H,(H3,4,5). The van der Waals surface area contributed by atoms with E-state index in [1.807, 2.05) is 0 Å². The van der Waals surface area contributed by atoms with Crippen LogP contribution in [-0.2, 0) is 0 Å². The summed E-state index contributed by atoms with van der Waals surface area (Å²) in [6.45, 7) is 0. The van der Waals surface area contributed by atoms with Crippen LogP contribution in [0.4, 0.5) is 0 Å². The van der Waals surface area contributed by atoms with Crippen molar-refractivity contribution in [3.05, 3.63) is 12.3 Å². The number of hydrogen-bond acceptors (Lipinski definition) is 2. The normalized spacial score (nSPS) is 9.33. The highest BCUT2D eigenvalue weighted by atomic mass is 16.2. The van der Waals surface area contributed by atoms with Gasteiger partial charge in [0.1, 0.15) is 5.84 Å². The summed E-state index contributed by atoms with van der Waals surface area (Å²) >= 11 is 0. The second-order valence-corrected chi connectivity index (χ2v) is 0.771. The molecule has 0 bridgehead atoms. The highest BCUT2D eigenvalue weighted by Gasteiger charge is 1.68. The average Bonchev–Trinajstić information content (AvgIpc) is 1.35. The molecule has 6 heavy (non-hydrogen) atoms. The van der Waals surface area contributed by atoms with E-state index in [0.29, 0.717) is 0 Å². The average molecular weight is 86.1 g/mol. The summed E-state index contributed by atoms with van der Waals surface area (Å²) < 4.78 is 0. The molecule has 0 aromatic rings. The largest absolute Gasteiger partial charge is 0.515 e. The third-order valence-electron chi connectivity index (χ3n) is 0.254. The van der Waals surface area contributed by atoms with Crippen molar-refractivity contribution in [1.29, 1.82) is 5.41 Å². The molecule has 0 aliphatic heterocycles. The Morgan fingerprint density at radius 1 is 1.83 bits per heavy atom. The lowest BCUT2D eigenvalue weighted by molar-refractivity contribution is 0.474. The number of rotatable bonds is 1. The Kier molecular flexibility index (Phi) is 1.89. The third-order valence-corrected chi connectivity index (χ3v) is 0.254. The molecule has 0 rings (SSSR count). The number of aliphatic hydroxyl groups excluding tert-OH is 1. The molecular formula is C3H6N2O. The van der Waals surface area contributed by atoms with Crippen LogP contribution in [0.25, 0.3) is 0 Å². The molecule has 0 spiro atoms. The molecule has 0 aromatic carbocycles. The lowest BCUT2D eigenvalue weighted by Crippen LogP contribution is -2.03. The molecule has 34 valence electrons. The van der Waals surface area contributed by atoms with Crippen LogP contribution in [0.2, 0.25) is 0 Å². The topological polar surface area (TPSA) is 70.1 Å². The van der Waals surface area contributed by atoms with E-state index < -0.39 is 0 Å². The van der Waals surface area contributed by atoms with E-state index in [0.717, 1.165) is 12.3 Å². The zero-order chi connectivity index (χ0) is 4.99. The van der Waals surface area contributed by atoms with Gasteiger partial charge in [0, 0.05) is 6.08 Å². The SMILES string of the molecule is N=C(N)C=CO. The smallest absolute Gasteiger partial charge is 0.118 e. The van der Waals surface area contributed by atoms with Crippen molar-refractivity contribution in [3.8, 4) is 0 Å². The minimum absolute atomic E-state index is 0.141. The number of hydrogen-bond donors (Lipinski definition) is 3. The molecule has 0 radical (unpaired) electrons. The number of aliphatic hydroxyl groups is 1. The summed E-state index contributed by atoms with van der Waals surface area (Å²) in [4.78, 5) is 0. The highest BCUT2D eigenvalue weighted by molar-refractivity contribution is 5.88. The van der Waals surface area contributed by atoms with E-state index in [-0.39, 0.29) is 5.84 Å². The molecule has 0 saturated heterocycles. The summed E-state index contributed by atoms with van der Waals surface area (Å²) in [5.41, 5.74) is 4.74.